The van der Waals surface area contributed by atoms with Crippen molar-refractivity contribution in [3.63, 3.8) is 0 Å². The number of H-pyrrole nitrogens is 1. The fourth-order valence-electron chi connectivity index (χ4n) is 4.36. The van der Waals surface area contributed by atoms with Gasteiger partial charge in [-0.3, -0.25) is 19.3 Å². The summed E-state index contributed by atoms with van der Waals surface area (Å²) in [5, 5.41) is 6.43. The molecule has 37 heavy (non-hydrogen) atoms. The zero-order valence-corrected chi connectivity index (χ0v) is 21.2. The molecule has 2 amide bonds. The number of aromatic amines is 1. The van der Waals surface area contributed by atoms with Gasteiger partial charge in [-0.25, -0.2) is 4.79 Å². The Labute approximate surface area is 215 Å². The molecule has 2 heterocycles. The smallest absolute Gasteiger partial charge is 0.328 e. The van der Waals surface area contributed by atoms with Crippen molar-refractivity contribution in [1.82, 2.24) is 20.5 Å². The molecule has 3 N–H and O–H groups in total. The molecule has 198 valence electrons. The van der Waals surface area contributed by atoms with E-state index in [0.29, 0.717) is 0 Å². The lowest BCUT2D eigenvalue weighted by Crippen LogP contribution is -2.54. The summed E-state index contributed by atoms with van der Waals surface area (Å²) in [6.45, 7) is 5.21. The summed E-state index contributed by atoms with van der Waals surface area (Å²) in [7, 11) is 0. The Morgan fingerprint density at radius 1 is 1.14 bits per heavy atom. The number of nitrogens with one attached hydrogen (secondary N) is 3. The molecule has 0 radical (unpaired) electrons. The van der Waals surface area contributed by atoms with Crippen molar-refractivity contribution in [2.24, 2.45) is 0 Å². The maximum Gasteiger partial charge on any atom is 0.328 e. The second-order valence-electron chi connectivity index (χ2n) is 9.46. The minimum absolute atomic E-state index is 0.0519. The number of ether oxygens (including phenoxy) is 1. The highest BCUT2D eigenvalue weighted by molar-refractivity contribution is 6.25. The highest BCUT2D eigenvalue weighted by Crippen LogP contribution is 2.19. The third-order valence-electron chi connectivity index (χ3n) is 6.15. The number of carbonyl (C=O) groups excluding carboxylic acids is 4. The average molecular weight is 511 g/mol. The van der Waals surface area contributed by atoms with Crippen LogP contribution in [0.2, 0.25) is 0 Å². The first-order valence-corrected chi connectivity index (χ1v) is 12.5. The summed E-state index contributed by atoms with van der Waals surface area (Å²) in [5.41, 5.74) is 10.3. The second kappa shape index (κ2) is 13.5. The normalized spacial score (nSPS) is 15.1. The molecule has 1 aliphatic rings. The molecule has 11 heteroatoms. The van der Waals surface area contributed by atoms with Crippen molar-refractivity contribution in [3.05, 3.63) is 41.6 Å². The van der Waals surface area contributed by atoms with Gasteiger partial charge in [0.15, 0.2) is 0 Å². The lowest BCUT2D eigenvalue weighted by molar-refractivity contribution is -0.152. The van der Waals surface area contributed by atoms with E-state index >= 15 is 0 Å². The number of hydrogen-bond acceptors (Lipinski definition) is 6. The lowest BCUT2D eigenvalue weighted by atomic mass is 10.0. The SMILES string of the molecule is CC(C)OC(=O)[C@H](CCC(=O)C=[N+]=[N-])NC(=O)[C@H](Cc1c[nH]c2ccccc12)NC(=O)CN1CCCC1. The van der Waals surface area contributed by atoms with Gasteiger partial charge in [0.2, 0.25) is 17.6 Å². The van der Waals surface area contributed by atoms with Crippen LogP contribution in [-0.2, 0) is 30.3 Å². The fourth-order valence-corrected chi connectivity index (χ4v) is 4.36. The van der Waals surface area contributed by atoms with E-state index in [1.54, 1.807) is 20.0 Å². The van der Waals surface area contributed by atoms with Crippen LogP contribution >= 0.6 is 0 Å². The van der Waals surface area contributed by atoms with Gasteiger partial charge in [0.25, 0.3) is 0 Å². The van der Waals surface area contributed by atoms with Gasteiger partial charge in [0.05, 0.1) is 12.6 Å². The molecule has 2 aromatic rings. The Bertz CT molecular complexity index is 1160. The molecule has 2 atom stereocenters. The molecule has 1 aliphatic heterocycles. The molecule has 3 rings (SSSR count). The maximum atomic E-state index is 13.4. The van der Waals surface area contributed by atoms with Gasteiger partial charge >= 0.3 is 12.2 Å². The van der Waals surface area contributed by atoms with E-state index in [1.165, 1.54) is 0 Å². The van der Waals surface area contributed by atoms with Gasteiger partial charge in [0, 0.05) is 29.9 Å². The Balaban J connectivity index is 1.78. The number of carbonyl (C=O) groups is 4. The van der Waals surface area contributed by atoms with Crippen molar-refractivity contribution >= 4 is 40.7 Å². The van der Waals surface area contributed by atoms with Gasteiger partial charge in [-0.2, -0.15) is 4.79 Å². The first-order valence-electron chi connectivity index (χ1n) is 12.5. The Morgan fingerprint density at radius 2 is 1.86 bits per heavy atom. The molecule has 0 saturated carbocycles. The van der Waals surface area contributed by atoms with E-state index in [1.807, 2.05) is 29.2 Å². The van der Waals surface area contributed by atoms with E-state index in [9.17, 15) is 19.2 Å². The number of Topliss-reactive ketones (excluding diaryl/α,β-unsaturated/α-hetero) is 1. The van der Waals surface area contributed by atoms with Gasteiger partial charge in [0.1, 0.15) is 12.1 Å². The molecule has 1 aromatic carbocycles. The molecular formula is C26H34N6O5. The highest BCUT2D eigenvalue weighted by Gasteiger charge is 2.30. The van der Waals surface area contributed by atoms with E-state index in [2.05, 4.69) is 20.4 Å². The number of rotatable bonds is 13. The highest BCUT2D eigenvalue weighted by atomic mass is 16.5. The van der Waals surface area contributed by atoms with Gasteiger partial charge in [-0.05, 0) is 57.8 Å². The zero-order valence-electron chi connectivity index (χ0n) is 21.2. The van der Waals surface area contributed by atoms with Crippen LogP contribution < -0.4 is 10.6 Å². The Hall–Kier alpha value is -3.82. The summed E-state index contributed by atoms with van der Waals surface area (Å²) in [6.07, 6.45) is 4.19. The summed E-state index contributed by atoms with van der Waals surface area (Å²) in [6, 6.07) is 5.57. The third-order valence-corrected chi connectivity index (χ3v) is 6.15. The quantitative estimate of drug-likeness (QED) is 0.160. The van der Waals surface area contributed by atoms with E-state index < -0.39 is 35.8 Å². The number of likely N-dealkylation sites (tertiary alicyclic amines) is 1. The Kier molecular flexibility index (Phi) is 10.1. The number of para-hydroxylation sites is 1. The number of fused-ring (bicyclic) bond motifs is 1. The number of benzene rings is 1. The number of amides is 2. The van der Waals surface area contributed by atoms with Crippen LogP contribution in [0.4, 0.5) is 0 Å². The summed E-state index contributed by atoms with van der Waals surface area (Å²) < 4.78 is 5.27. The summed E-state index contributed by atoms with van der Waals surface area (Å²) in [4.78, 5) is 58.7. The van der Waals surface area contributed by atoms with Crippen molar-refractivity contribution in [3.8, 4) is 0 Å². The van der Waals surface area contributed by atoms with Crippen LogP contribution in [0.25, 0.3) is 16.4 Å². The largest absolute Gasteiger partial charge is 0.461 e. The first kappa shape index (κ1) is 27.8. The fraction of sp³-hybridized carbons (Fsp3) is 0.500. The maximum absolute atomic E-state index is 13.4. The van der Waals surface area contributed by atoms with Crippen molar-refractivity contribution in [1.29, 1.82) is 0 Å². The number of esters is 1. The predicted molar refractivity (Wildman–Crippen MR) is 137 cm³/mol. The van der Waals surface area contributed by atoms with Crippen molar-refractivity contribution < 1.29 is 28.7 Å². The molecule has 0 aliphatic carbocycles. The first-order chi connectivity index (χ1) is 17.8. The van der Waals surface area contributed by atoms with E-state index in [4.69, 9.17) is 10.3 Å². The molecule has 0 unspecified atom stereocenters. The average Bonchev–Trinajstić information content (AvgIpc) is 3.51. The number of nitrogens with zero attached hydrogens (tertiary/aromatic N) is 3. The zero-order chi connectivity index (χ0) is 26.8. The molecule has 1 fully saturated rings. The lowest BCUT2D eigenvalue weighted by Gasteiger charge is -2.24. The minimum atomic E-state index is -1.12. The monoisotopic (exact) mass is 510 g/mol. The van der Waals surface area contributed by atoms with Crippen LogP contribution in [0.1, 0.15) is 45.1 Å². The van der Waals surface area contributed by atoms with Crippen LogP contribution in [0, 0.1) is 0 Å². The topological polar surface area (TPSA) is 157 Å². The van der Waals surface area contributed by atoms with Gasteiger partial charge in [-0.15, -0.1) is 0 Å². The van der Waals surface area contributed by atoms with Crippen LogP contribution in [-0.4, -0.2) is 82.3 Å². The predicted octanol–water partition coefficient (Wildman–Crippen LogP) is 1.38. The molecule has 0 bridgehead atoms. The van der Waals surface area contributed by atoms with Gasteiger partial charge < -0.3 is 25.9 Å². The van der Waals surface area contributed by atoms with Crippen LogP contribution in [0.15, 0.2) is 30.5 Å². The molecule has 11 nitrogen and oxygen atoms in total. The van der Waals surface area contributed by atoms with Crippen LogP contribution in [0.5, 0.6) is 0 Å². The van der Waals surface area contributed by atoms with Crippen molar-refractivity contribution in [2.45, 2.75) is 64.1 Å². The standard InChI is InChI=1S/C26H34N6O5/c1-17(2)37-26(36)22(10-9-19(33)15-29-27)31-25(35)23(30-24(34)16-32-11-5-6-12-32)13-18-14-28-21-8-4-3-7-20(18)21/h3-4,7-8,14-15,17,22-23,28H,5-6,9-13,16H2,1-2H3,(H,30,34)(H,31,35)/t22-,23-/m0/s1. The second-order valence-corrected chi connectivity index (χ2v) is 9.46. The molecule has 0 spiro atoms. The van der Waals surface area contributed by atoms with Crippen molar-refractivity contribution in [2.75, 3.05) is 19.6 Å². The molecule has 1 saturated heterocycles. The van der Waals surface area contributed by atoms with E-state index in [-0.39, 0.29) is 31.7 Å². The minimum Gasteiger partial charge on any atom is -0.461 e. The third kappa shape index (κ3) is 8.37. The van der Waals surface area contributed by atoms with Crippen LogP contribution in [0.3, 0.4) is 0 Å². The molecular weight excluding hydrogens is 476 g/mol. The Morgan fingerprint density at radius 3 is 2.57 bits per heavy atom. The summed E-state index contributed by atoms with van der Waals surface area (Å²) in [5.74, 6) is -2.04. The van der Waals surface area contributed by atoms with E-state index in [0.717, 1.165) is 48.6 Å². The number of aromatic nitrogens is 1. The molecule has 1 aromatic heterocycles. The van der Waals surface area contributed by atoms with Gasteiger partial charge in [-0.1, -0.05) is 18.2 Å². The summed E-state index contributed by atoms with van der Waals surface area (Å²) >= 11 is 0. The number of hydrogen-bond donors (Lipinski definition) is 3. The number of ketones is 1.